The highest BCUT2D eigenvalue weighted by Crippen LogP contribution is 2.52. The number of rotatable bonds is 5. The lowest BCUT2D eigenvalue weighted by Gasteiger charge is -2.24. The molecule has 51 heavy (non-hydrogen) atoms. The van der Waals surface area contributed by atoms with E-state index >= 15 is 0 Å². The van der Waals surface area contributed by atoms with Gasteiger partial charge in [0.15, 0.2) is 17.5 Å². The van der Waals surface area contributed by atoms with E-state index in [1.54, 1.807) is 6.20 Å². The van der Waals surface area contributed by atoms with Crippen molar-refractivity contribution in [1.82, 2.24) is 19.9 Å². The van der Waals surface area contributed by atoms with Crippen molar-refractivity contribution in [2.75, 3.05) is 0 Å². The van der Waals surface area contributed by atoms with Crippen molar-refractivity contribution in [2.45, 2.75) is 19.3 Å². The van der Waals surface area contributed by atoms with Gasteiger partial charge < -0.3 is 0 Å². The van der Waals surface area contributed by atoms with Crippen LogP contribution < -0.4 is 0 Å². The molecule has 0 saturated heterocycles. The molecular weight excluding hydrogens is 623 g/mol. The van der Waals surface area contributed by atoms with Crippen molar-refractivity contribution in [1.29, 1.82) is 5.26 Å². The molecule has 0 radical (unpaired) electrons. The molecule has 0 amide bonds. The zero-order valence-electron chi connectivity index (χ0n) is 28.2. The summed E-state index contributed by atoms with van der Waals surface area (Å²) >= 11 is 0. The third-order valence-corrected chi connectivity index (χ3v) is 9.99. The Balaban J connectivity index is 1.24. The molecule has 5 heteroatoms. The molecule has 0 fully saturated rings. The third-order valence-electron chi connectivity index (χ3n) is 9.99. The first-order valence-corrected chi connectivity index (χ1v) is 17.0. The van der Waals surface area contributed by atoms with Crippen LogP contribution in [0.3, 0.4) is 0 Å². The van der Waals surface area contributed by atoms with Gasteiger partial charge in [-0.3, -0.25) is 4.98 Å². The maximum absolute atomic E-state index is 10.4. The molecule has 1 aliphatic carbocycles. The molecule has 0 unspecified atom stereocenters. The highest BCUT2D eigenvalue weighted by Gasteiger charge is 2.38. The number of hydrogen-bond acceptors (Lipinski definition) is 5. The first-order chi connectivity index (χ1) is 25.0. The van der Waals surface area contributed by atoms with Gasteiger partial charge in [0.2, 0.25) is 0 Å². The lowest BCUT2D eigenvalue weighted by Crippen LogP contribution is -2.17. The van der Waals surface area contributed by atoms with Gasteiger partial charge in [-0.05, 0) is 86.1 Å². The molecule has 2 heterocycles. The van der Waals surface area contributed by atoms with E-state index in [0.717, 1.165) is 66.4 Å². The lowest BCUT2D eigenvalue weighted by molar-refractivity contribution is 0.659. The van der Waals surface area contributed by atoms with E-state index in [1.807, 2.05) is 85.1 Å². The van der Waals surface area contributed by atoms with Crippen LogP contribution in [0.1, 0.15) is 30.5 Å². The van der Waals surface area contributed by atoms with Crippen molar-refractivity contribution >= 4 is 10.8 Å². The van der Waals surface area contributed by atoms with Crippen LogP contribution in [0.2, 0.25) is 0 Å². The summed E-state index contributed by atoms with van der Waals surface area (Å²) < 4.78 is 0. The lowest BCUT2D eigenvalue weighted by atomic mass is 9.78. The fraction of sp³-hybridized carbons (Fsp3) is 0.0652. The van der Waals surface area contributed by atoms with Crippen molar-refractivity contribution in [3.63, 3.8) is 0 Å². The number of fused-ring (bicyclic) bond motifs is 4. The maximum Gasteiger partial charge on any atom is 0.164 e. The Labute approximate surface area is 296 Å². The first-order valence-electron chi connectivity index (χ1n) is 17.0. The summed E-state index contributed by atoms with van der Waals surface area (Å²) in [5.41, 5.74) is 11.8. The van der Waals surface area contributed by atoms with E-state index in [1.165, 1.54) is 11.1 Å². The number of pyridine rings is 1. The van der Waals surface area contributed by atoms with Crippen molar-refractivity contribution in [3.05, 3.63) is 169 Å². The summed E-state index contributed by atoms with van der Waals surface area (Å²) in [5.74, 6) is 1.82. The quantitative estimate of drug-likeness (QED) is 0.185. The van der Waals surface area contributed by atoms with Crippen LogP contribution in [0.15, 0.2) is 152 Å². The predicted molar refractivity (Wildman–Crippen MR) is 205 cm³/mol. The average molecular weight is 654 g/mol. The zero-order chi connectivity index (χ0) is 34.5. The summed E-state index contributed by atoms with van der Waals surface area (Å²) in [6.45, 7) is 4.46. The average Bonchev–Trinajstić information content (AvgIpc) is 3.42. The Morgan fingerprint density at radius 1 is 0.510 bits per heavy atom. The molecule has 240 valence electrons. The van der Waals surface area contributed by atoms with Gasteiger partial charge in [-0.2, -0.15) is 5.26 Å². The fourth-order valence-corrected chi connectivity index (χ4v) is 7.50. The molecule has 1 aliphatic rings. The van der Waals surface area contributed by atoms with Crippen LogP contribution in [0, 0.1) is 11.3 Å². The highest BCUT2D eigenvalue weighted by atomic mass is 15.0. The summed E-state index contributed by atoms with van der Waals surface area (Å²) in [4.78, 5) is 19.5. The van der Waals surface area contributed by atoms with Crippen LogP contribution in [-0.2, 0) is 5.41 Å². The summed E-state index contributed by atoms with van der Waals surface area (Å²) in [6, 6.07) is 50.3. The molecule has 0 bridgehead atoms. The number of aromatic nitrogens is 4. The molecule has 9 rings (SSSR count). The molecular formula is C46H31N5. The number of nitrogens with zero attached hydrogens (tertiary/aromatic N) is 5. The van der Waals surface area contributed by atoms with Gasteiger partial charge in [-0.15, -0.1) is 0 Å². The molecule has 0 N–H and O–H groups in total. The molecule has 0 spiro atoms. The number of hydrogen-bond donors (Lipinski definition) is 0. The molecule has 2 aromatic heterocycles. The van der Waals surface area contributed by atoms with Crippen LogP contribution in [0.5, 0.6) is 0 Å². The number of benzene rings is 6. The minimum Gasteiger partial charge on any atom is -0.264 e. The van der Waals surface area contributed by atoms with Crippen LogP contribution in [-0.4, -0.2) is 19.9 Å². The zero-order valence-corrected chi connectivity index (χ0v) is 28.2. The standard InChI is InChI=1S/C46H31N5/c1-46(2)41-26-31(19-20-38(41)39-25-32-16-9-10-18-37(32)40(27-47)42(39)46)34-22-35(33-17-11-21-48-28-33)24-36(23-34)45-50-43(29-12-5-3-6-13-29)49-44(51-45)30-14-7-4-8-15-30/h3-26,28H,1-2H3. The largest absolute Gasteiger partial charge is 0.264 e. The van der Waals surface area contributed by atoms with Crippen LogP contribution in [0.4, 0.5) is 0 Å². The van der Waals surface area contributed by atoms with Crippen molar-refractivity contribution in [2.24, 2.45) is 0 Å². The Bertz CT molecular complexity index is 2600. The minimum atomic E-state index is -0.372. The Kier molecular flexibility index (Phi) is 7.12. The van der Waals surface area contributed by atoms with Crippen molar-refractivity contribution in [3.8, 4) is 73.6 Å². The second-order valence-corrected chi connectivity index (χ2v) is 13.5. The fourth-order valence-electron chi connectivity index (χ4n) is 7.50. The van der Waals surface area contributed by atoms with E-state index in [2.05, 4.69) is 85.6 Å². The van der Waals surface area contributed by atoms with E-state index in [4.69, 9.17) is 15.0 Å². The first kappa shape index (κ1) is 30.3. The molecule has 8 aromatic rings. The molecule has 0 aliphatic heterocycles. The Morgan fingerprint density at radius 3 is 1.75 bits per heavy atom. The molecule has 0 atom stereocenters. The minimum absolute atomic E-state index is 0.372. The van der Waals surface area contributed by atoms with Gasteiger partial charge in [0.05, 0.1) is 5.56 Å². The molecule has 5 nitrogen and oxygen atoms in total. The van der Waals surface area contributed by atoms with Crippen LogP contribution in [0.25, 0.3) is 78.3 Å². The van der Waals surface area contributed by atoms with Gasteiger partial charge in [0.1, 0.15) is 6.07 Å². The van der Waals surface area contributed by atoms with E-state index < -0.39 is 0 Å². The highest BCUT2D eigenvalue weighted by molar-refractivity contribution is 5.98. The second kappa shape index (κ2) is 12.0. The van der Waals surface area contributed by atoms with E-state index in [9.17, 15) is 5.26 Å². The van der Waals surface area contributed by atoms with Gasteiger partial charge in [0.25, 0.3) is 0 Å². The monoisotopic (exact) mass is 653 g/mol. The van der Waals surface area contributed by atoms with Crippen LogP contribution >= 0.6 is 0 Å². The summed E-state index contributed by atoms with van der Waals surface area (Å²) in [5, 5.41) is 12.5. The maximum atomic E-state index is 10.4. The van der Waals surface area contributed by atoms with Gasteiger partial charge in [-0.1, -0.05) is 117 Å². The summed E-state index contributed by atoms with van der Waals surface area (Å²) in [6.07, 6.45) is 3.68. The Hall–Kier alpha value is -6.77. The van der Waals surface area contributed by atoms with E-state index in [0.29, 0.717) is 17.5 Å². The topological polar surface area (TPSA) is 75.3 Å². The molecule has 0 saturated carbocycles. The van der Waals surface area contributed by atoms with Gasteiger partial charge in [-0.25, -0.2) is 15.0 Å². The normalized spacial score (nSPS) is 12.6. The van der Waals surface area contributed by atoms with Gasteiger partial charge in [0, 0.05) is 40.1 Å². The van der Waals surface area contributed by atoms with Gasteiger partial charge >= 0.3 is 0 Å². The summed E-state index contributed by atoms with van der Waals surface area (Å²) in [7, 11) is 0. The second-order valence-electron chi connectivity index (χ2n) is 13.5. The van der Waals surface area contributed by atoms with E-state index in [-0.39, 0.29) is 5.41 Å². The number of nitriles is 1. The Morgan fingerprint density at radius 2 is 1.10 bits per heavy atom. The predicted octanol–water partition coefficient (Wildman–Crippen LogP) is 10.9. The van der Waals surface area contributed by atoms with Crippen molar-refractivity contribution < 1.29 is 0 Å². The third kappa shape index (κ3) is 5.17. The SMILES string of the molecule is CC1(C)c2cc(-c3cc(-c4cccnc4)cc(-c4nc(-c5ccccc5)nc(-c5ccccc5)n4)c3)ccc2-c2cc3ccccc3c(C#N)c21. The smallest absolute Gasteiger partial charge is 0.164 e. The molecule has 6 aromatic carbocycles.